The first-order chi connectivity index (χ1) is 26.2. The first-order valence-electron chi connectivity index (χ1n) is 20.4. The average Bonchev–Trinajstić information content (AvgIpc) is 3.21. The molecule has 0 saturated carbocycles. The van der Waals surface area contributed by atoms with Crippen LogP contribution in [0.25, 0.3) is 0 Å². The van der Waals surface area contributed by atoms with Crippen LogP contribution >= 0.6 is 0 Å². The highest BCUT2D eigenvalue weighted by Gasteiger charge is 2.27. The Morgan fingerprint density at radius 3 is 0.963 bits per heavy atom. The van der Waals surface area contributed by atoms with Gasteiger partial charge in [-0.3, -0.25) is 0 Å². The van der Waals surface area contributed by atoms with Crippen LogP contribution in [0.15, 0.2) is 36.4 Å². The Balaban J connectivity index is 1.14. The Morgan fingerprint density at radius 1 is 0.426 bits per heavy atom. The van der Waals surface area contributed by atoms with E-state index in [9.17, 15) is 19.2 Å². The third-order valence-electron chi connectivity index (χ3n) is 11.3. The lowest BCUT2D eigenvalue weighted by Crippen LogP contribution is -2.38. The van der Waals surface area contributed by atoms with Crippen LogP contribution in [0.1, 0.15) is 102 Å². The summed E-state index contributed by atoms with van der Waals surface area (Å²) in [7, 11) is 0. The van der Waals surface area contributed by atoms with Crippen LogP contribution < -0.4 is 18.9 Å². The summed E-state index contributed by atoms with van der Waals surface area (Å²) in [6.45, 7) is 9.59. The Bertz CT molecular complexity index is 1480. The van der Waals surface area contributed by atoms with Crippen molar-refractivity contribution in [2.75, 3.05) is 52.4 Å². The maximum absolute atomic E-state index is 13.2. The summed E-state index contributed by atoms with van der Waals surface area (Å²) in [5.74, 6) is 1.40. The van der Waals surface area contributed by atoms with Gasteiger partial charge >= 0.3 is 24.4 Å². The molecule has 12 heteroatoms. The number of rotatable bonds is 9. The first-order valence-corrected chi connectivity index (χ1v) is 20.4. The van der Waals surface area contributed by atoms with Gasteiger partial charge in [0.2, 0.25) is 0 Å². The molecule has 0 bridgehead atoms. The number of amides is 4. The average molecular weight is 747 g/mol. The first kappa shape index (κ1) is 39.2. The Labute approximate surface area is 320 Å². The fourth-order valence-corrected chi connectivity index (χ4v) is 7.77. The number of carbonyl (C=O) groups excluding carboxylic acids is 4. The zero-order valence-corrected chi connectivity index (χ0v) is 32.2. The predicted octanol–water partition coefficient (Wildman–Crippen LogP) is 8.68. The molecule has 4 fully saturated rings. The molecule has 2 aromatic rings. The molecule has 2 aromatic carbocycles. The van der Waals surface area contributed by atoms with Crippen molar-refractivity contribution in [2.24, 2.45) is 11.8 Å². The Morgan fingerprint density at radius 2 is 0.685 bits per heavy atom. The van der Waals surface area contributed by atoms with Crippen molar-refractivity contribution in [1.82, 2.24) is 19.6 Å². The van der Waals surface area contributed by atoms with Gasteiger partial charge in [0.15, 0.2) is 23.0 Å². The molecule has 0 spiro atoms. The molecular formula is C42H58N4O8. The number of benzene rings is 2. The van der Waals surface area contributed by atoms with E-state index in [1.807, 2.05) is 24.3 Å². The van der Waals surface area contributed by atoms with Gasteiger partial charge in [-0.2, -0.15) is 0 Å². The third-order valence-corrected chi connectivity index (χ3v) is 11.3. The normalized spacial score (nSPS) is 19.1. The van der Waals surface area contributed by atoms with Gasteiger partial charge in [-0.1, -0.05) is 26.0 Å². The lowest BCUT2D eigenvalue weighted by molar-refractivity contribution is 0.132. The van der Waals surface area contributed by atoms with E-state index in [-0.39, 0.29) is 34.8 Å². The standard InChI is InChI=1S/C42H58N4O8/c1-31(27-33-15-17-35(51-39(47)43-19-7-3-8-20-43)37(29-33)53-41(49)45-23-11-5-12-24-45)32(2)28-34-16-18-36(52-40(48)44-21-9-4-10-22-44)38(30-34)54-42(50)46-25-13-6-14-26-46/h15-18,29-32H,3-14,19-28H2,1-2H3. The van der Waals surface area contributed by atoms with Gasteiger partial charge in [0, 0.05) is 52.4 Å². The fraction of sp³-hybridized carbons (Fsp3) is 0.619. The molecule has 12 nitrogen and oxygen atoms in total. The second kappa shape index (κ2) is 19.2. The number of nitrogens with zero attached hydrogens (tertiary/aromatic N) is 4. The van der Waals surface area contributed by atoms with Crippen LogP contribution in [0, 0.1) is 11.8 Å². The number of ether oxygens (including phenoxy) is 4. The maximum Gasteiger partial charge on any atom is 0.415 e. The van der Waals surface area contributed by atoms with Crippen LogP contribution in [-0.2, 0) is 12.8 Å². The van der Waals surface area contributed by atoms with Crippen LogP contribution in [0.3, 0.4) is 0 Å². The molecule has 0 aromatic heterocycles. The summed E-state index contributed by atoms with van der Waals surface area (Å²) in [4.78, 5) is 59.3. The minimum Gasteiger partial charge on any atom is -0.406 e. The largest absolute Gasteiger partial charge is 0.415 e. The van der Waals surface area contributed by atoms with E-state index in [1.54, 1.807) is 31.7 Å². The van der Waals surface area contributed by atoms with Crippen LogP contribution in [0.5, 0.6) is 23.0 Å². The van der Waals surface area contributed by atoms with Gasteiger partial charge < -0.3 is 38.5 Å². The molecule has 0 aliphatic carbocycles. The van der Waals surface area contributed by atoms with Crippen LogP contribution in [0.2, 0.25) is 0 Å². The SMILES string of the molecule is CC(Cc1ccc(OC(=O)N2CCCCC2)c(OC(=O)N2CCCCC2)c1)C(C)Cc1ccc(OC(=O)N2CCCCC2)c(OC(=O)N2CCCCC2)c1. The van der Waals surface area contributed by atoms with Gasteiger partial charge in [0.1, 0.15) is 0 Å². The van der Waals surface area contributed by atoms with Gasteiger partial charge in [-0.05, 0) is 137 Å². The lowest BCUT2D eigenvalue weighted by atomic mass is 9.85. The smallest absolute Gasteiger partial charge is 0.406 e. The number of carbonyl (C=O) groups is 4. The second-order valence-electron chi connectivity index (χ2n) is 15.6. The molecule has 4 heterocycles. The molecule has 54 heavy (non-hydrogen) atoms. The van der Waals surface area contributed by atoms with Crippen molar-refractivity contribution in [3.05, 3.63) is 47.5 Å². The van der Waals surface area contributed by atoms with Crippen molar-refractivity contribution in [3.63, 3.8) is 0 Å². The summed E-state index contributed by atoms with van der Waals surface area (Å²) in [6, 6.07) is 11.0. The monoisotopic (exact) mass is 746 g/mol. The van der Waals surface area contributed by atoms with E-state index in [0.717, 1.165) is 88.2 Å². The van der Waals surface area contributed by atoms with Gasteiger partial charge in [-0.15, -0.1) is 0 Å². The highest BCUT2D eigenvalue weighted by molar-refractivity contribution is 5.76. The summed E-state index contributed by atoms with van der Waals surface area (Å²) in [5, 5.41) is 0. The van der Waals surface area contributed by atoms with E-state index in [4.69, 9.17) is 18.9 Å². The molecule has 6 rings (SSSR count). The summed E-state index contributed by atoms with van der Waals surface area (Å²) >= 11 is 0. The topological polar surface area (TPSA) is 118 Å². The quantitative estimate of drug-likeness (QED) is 0.250. The van der Waals surface area contributed by atoms with Crippen molar-refractivity contribution in [2.45, 2.75) is 104 Å². The van der Waals surface area contributed by atoms with E-state index >= 15 is 0 Å². The van der Waals surface area contributed by atoms with Crippen LogP contribution in [0.4, 0.5) is 19.2 Å². The zero-order valence-electron chi connectivity index (χ0n) is 32.2. The molecule has 4 aliphatic heterocycles. The van der Waals surface area contributed by atoms with E-state index in [0.29, 0.717) is 65.2 Å². The van der Waals surface area contributed by atoms with Crippen molar-refractivity contribution in [3.8, 4) is 23.0 Å². The molecule has 294 valence electrons. The minimum atomic E-state index is -0.426. The fourth-order valence-electron chi connectivity index (χ4n) is 7.77. The van der Waals surface area contributed by atoms with Gasteiger partial charge in [-0.25, -0.2) is 19.2 Å². The second-order valence-corrected chi connectivity index (χ2v) is 15.6. The summed E-state index contributed by atoms with van der Waals surface area (Å²) in [6.07, 6.45) is 11.6. The molecule has 0 N–H and O–H groups in total. The Hall–Kier alpha value is -4.48. The number of piperidine rings is 4. The predicted molar refractivity (Wildman–Crippen MR) is 204 cm³/mol. The van der Waals surface area contributed by atoms with Gasteiger partial charge in [0.25, 0.3) is 0 Å². The van der Waals surface area contributed by atoms with Gasteiger partial charge in [0.05, 0.1) is 0 Å². The van der Waals surface area contributed by atoms with E-state index in [1.165, 1.54) is 0 Å². The van der Waals surface area contributed by atoms with E-state index < -0.39 is 24.4 Å². The lowest BCUT2D eigenvalue weighted by Gasteiger charge is -2.28. The van der Waals surface area contributed by atoms with Crippen molar-refractivity contribution >= 4 is 24.4 Å². The minimum absolute atomic E-state index is 0.202. The summed E-state index contributed by atoms with van der Waals surface area (Å²) in [5.41, 5.74) is 1.93. The molecule has 4 saturated heterocycles. The van der Waals surface area contributed by atoms with E-state index in [2.05, 4.69) is 13.8 Å². The molecule has 0 radical (unpaired) electrons. The molecule has 4 amide bonds. The number of hydrogen-bond donors (Lipinski definition) is 0. The summed E-state index contributed by atoms with van der Waals surface area (Å²) < 4.78 is 23.5. The molecule has 4 aliphatic rings. The molecule has 2 atom stereocenters. The Kier molecular flexibility index (Phi) is 14.0. The zero-order chi connectivity index (χ0) is 37.9. The van der Waals surface area contributed by atoms with Crippen molar-refractivity contribution < 1.29 is 38.1 Å². The number of hydrogen-bond acceptors (Lipinski definition) is 8. The van der Waals surface area contributed by atoms with Crippen molar-refractivity contribution in [1.29, 1.82) is 0 Å². The van der Waals surface area contributed by atoms with Crippen LogP contribution in [-0.4, -0.2) is 96.3 Å². The maximum atomic E-state index is 13.2. The highest BCUT2D eigenvalue weighted by atomic mass is 16.6. The third kappa shape index (κ3) is 10.8. The number of likely N-dealkylation sites (tertiary alicyclic amines) is 4. The molecule has 2 unspecified atom stereocenters. The highest BCUT2D eigenvalue weighted by Crippen LogP contribution is 2.35. The molecular weight excluding hydrogens is 688 g/mol.